The molecular formula is C17H32N2O3. The van der Waals surface area contributed by atoms with Gasteiger partial charge < -0.3 is 19.3 Å². The summed E-state index contributed by atoms with van der Waals surface area (Å²) in [5.74, 6) is 1.25. The van der Waals surface area contributed by atoms with Gasteiger partial charge in [-0.15, -0.1) is 0 Å². The molecule has 5 heteroatoms. The van der Waals surface area contributed by atoms with Gasteiger partial charge in [0.2, 0.25) is 0 Å². The van der Waals surface area contributed by atoms with Crippen LogP contribution in [0, 0.1) is 11.8 Å². The third-order valence-corrected chi connectivity index (χ3v) is 4.46. The van der Waals surface area contributed by atoms with Gasteiger partial charge in [-0.05, 0) is 58.4 Å². The molecule has 0 aromatic carbocycles. The van der Waals surface area contributed by atoms with E-state index in [0.29, 0.717) is 11.8 Å². The van der Waals surface area contributed by atoms with Gasteiger partial charge in [0.25, 0.3) is 0 Å². The molecule has 2 aliphatic rings. The van der Waals surface area contributed by atoms with Gasteiger partial charge in [-0.3, -0.25) is 0 Å². The maximum Gasteiger partial charge on any atom is 0.410 e. The number of carbonyl (C=O) groups is 1. The third kappa shape index (κ3) is 5.43. The van der Waals surface area contributed by atoms with E-state index in [-0.39, 0.29) is 6.09 Å². The van der Waals surface area contributed by atoms with Crippen molar-refractivity contribution in [3.05, 3.63) is 0 Å². The summed E-state index contributed by atoms with van der Waals surface area (Å²) in [6, 6.07) is 0. The first-order valence-electron chi connectivity index (χ1n) is 8.56. The van der Waals surface area contributed by atoms with Gasteiger partial charge in [-0.2, -0.15) is 0 Å². The number of nitrogens with zero attached hydrogens (tertiary/aromatic N) is 2. The van der Waals surface area contributed by atoms with Crippen LogP contribution >= 0.6 is 0 Å². The second-order valence-corrected chi connectivity index (χ2v) is 7.80. The molecule has 0 spiro atoms. The Bertz CT molecular complexity index is 365. The van der Waals surface area contributed by atoms with Gasteiger partial charge in [0.1, 0.15) is 5.60 Å². The van der Waals surface area contributed by atoms with E-state index in [1.54, 1.807) is 7.11 Å². The SMILES string of the molecule is COC[C@@H]1CCCN(C[C@@H]2CCN(C(=O)OC(C)(C)C)C2)C1. The molecule has 2 heterocycles. The molecule has 0 bridgehead atoms. The Kier molecular flexibility index (Phi) is 6.09. The summed E-state index contributed by atoms with van der Waals surface area (Å²) < 4.78 is 10.8. The lowest BCUT2D eigenvalue weighted by Gasteiger charge is -2.34. The minimum Gasteiger partial charge on any atom is -0.444 e. The van der Waals surface area contributed by atoms with E-state index in [1.807, 2.05) is 25.7 Å². The molecule has 2 atom stereocenters. The van der Waals surface area contributed by atoms with Crippen molar-refractivity contribution < 1.29 is 14.3 Å². The summed E-state index contributed by atoms with van der Waals surface area (Å²) in [7, 11) is 1.79. The smallest absolute Gasteiger partial charge is 0.410 e. The number of hydrogen-bond acceptors (Lipinski definition) is 4. The average Bonchev–Trinajstić information content (AvgIpc) is 2.86. The molecule has 0 aromatic heterocycles. The Labute approximate surface area is 134 Å². The molecule has 0 radical (unpaired) electrons. The summed E-state index contributed by atoms with van der Waals surface area (Å²) in [5.41, 5.74) is -0.407. The van der Waals surface area contributed by atoms with Gasteiger partial charge in [-0.1, -0.05) is 0 Å². The standard InChI is InChI=1S/C17H32N2O3/c1-17(2,3)22-16(20)19-9-7-14(12-19)10-18-8-5-6-15(11-18)13-21-4/h14-15H,5-13H2,1-4H3/t14-,15+/m0/s1. The number of amides is 1. The molecule has 0 N–H and O–H groups in total. The topological polar surface area (TPSA) is 42.0 Å². The lowest BCUT2D eigenvalue weighted by molar-refractivity contribution is 0.0281. The maximum absolute atomic E-state index is 12.1. The zero-order valence-corrected chi connectivity index (χ0v) is 14.6. The number of rotatable bonds is 4. The van der Waals surface area contributed by atoms with Crippen LogP contribution in [-0.2, 0) is 9.47 Å². The van der Waals surface area contributed by atoms with Gasteiger partial charge >= 0.3 is 6.09 Å². The Balaban J connectivity index is 1.75. The fourth-order valence-corrected chi connectivity index (χ4v) is 3.53. The first kappa shape index (κ1) is 17.5. The van der Waals surface area contributed by atoms with Crippen molar-refractivity contribution in [2.75, 3.05) is 46.4 Å². The fraction of sp³-hybridized carbons (Fsp3) is 0.941. The summed E-state index contributed by atoms with van der Waals surface area (Å²) in [4.78, 5) is 16.5. The van der Waals surface area contributed by atoms with Crippen LogP contribution in [0.3, 0.4) is 0 Å². The predicted molar refractivity (Wildman–Crippen MR) is 87.0 cm³/mol. The number of ether oxygens (including phenoxy) is 2. The molecule has 2 saturated heterocycles. The molecule has 22 heavy (non-hydrogen) atoms. The van der Waals surface area contributed by atoms with E-state index in [0.717, 1.165) is 39.2 Å². The molecule has 0 unspecified atom stereocenters. The van der Waals surface area contributed by atoms with Gasteiger partial charge in [-0.25, -0.2) is 4.79 Å². The highest BCUT2D eigenvalue weighted by Gasteiger charge is 2.31. The largest absolute Gasteiger partial charge is 0.444 e. The van der Waals surface area contributed by atoms with Crippen molar-refractivity contribution in [1.82, 2.24) is 9.80 Å². The van der Waals surface area contributed by atoms with E-state index in [2.05, 4.69) is 4.90 Å². The summed E-state index contributed by atoms with van der Waals surface area (Å²) in [6.07, 6.45) is 3.46. The molecule has 2 rings (SSSR count). The van der Waals surface area contributed by atoms with E-state index in [4.69, 9.17) is 9.47 Å². The third-order valence-electron chi connectivity index (χ3n) is 4.46. The molecule has 0 aromatic rings. The van der Waals surface area contributed by atoms with Crippen LogP contribution in [0.5, 0.6) is 0 Å². The molecule has 0 aliphatic carbocycles. The Morgan fingerprint density at radius 1 is 1.14 bits per heavy atom. The van der Waals surface area contributed by atoms with Crippen LogP contribution in [-0.4, -0.2) is 67.9 Å². The zero-order valence-electron chi connectivity index (χ0n) is 14.6. The highest BCUT2D eigenvalue weighted by molar-refractivity contribution is 5.68. The molecule has 1 amide bonds. The predicted octanol–water partition coefficient (Wildman–Crippen LogP) is 2.60. The maximum atomic E-state index is 12.1. The molecule has 2 aliphatic heterocycles. The van der Waals surface area contributed by atoms with E-state index >= 15 is 0 Å². The van der Waals surface area contributed by atoms with Crippen LogP contribution < -0.4 is 0 Å². The lowest BCUT2D eigenvalue weighted by atomic mass is 9.97. The average molecular weight is 312 g/mol. The Morgan fingerprint density at radius 2 is 1.91 bits per heavy atom. The highest BCUT2D eigenvalue weighted by atomic mass is 16.6. The minimum atomic E-state index is -0.407. The van der Waals surface area contributed by atoms with Crippen molar-refractivity contribution in [3.63, 3.8) is 0 Å². The summed E-state index contributed by atoms with van der Waals surface area (Å²) in [5, 5.41) is 0. The van der Waals surface area contributed by atoms with Crippen LogP contribution in [0.2, 0.25) is 0 Å². The Hall–Kier alpha value is -0.810. The van der Waals surface area contributed by atoms with Crippen molar-refractivity contribution in [2.24, 2.45) is 11.8 Å². The van der Waals surface area contributed by atoms with Crippen LogP contribution in [0.4, 0.5) is 4.79 Å². The van der Waals surface area contributed by atoms with E-state index < -0.39 is 5.60 Å². The van der Waals surface area contributed by atoms with E-state index in [1.165, 1.54) is 19.4 Å². The van der Waals surface area contributed by atoms with E-state index in [9.17, 15) is 4.79 Å². The number of piperidine rings is 1. The second kappa shape index (κ2) is 7.64. The molecule has 2 fully saturated rings. The van der Waals surface area contributed by atoms with Gasteiger partial charge in [0.15, 0.2) is 0 Å². The fourth-order valence-electron chi connectivity index (χ4n) is 3.53. The minimum absolute atomic E-state index is 0.161. The zero-order chi connectivity index (χ0) is 16.2. The first-order valence-corrected chi connectivity index (χ1v) is 8.56. The number of methoxy groups -OCH3 is 1. The molecular weight excluding hydrogens is 280 g/mol. The first-order chi connectivity index (χ1) is 10.4. The number of likely N-dealkylation sites (tertiary alicyclic amines) is 2. The number of carbonyl (C=O) groups excluding carboxylic acids is 1. The second-order valence-electron chi connectivity index (χ2n) is 7.80. The van der Waals surface area contributed by atoms with Crippen LogP contribution in [0.25, 0.3) is 0 Å². The lowest BCUT2D eigenvalue weighted by Crippen LogP contribution is -2.41. The summed E-state index contributed by atoms with van der Waals surface area (Å²) >= 11 is 0. The van der Waals surface area contributed by atoms with Crippen molar-refractivity contribution in [3.8, 4) is 0 Å². The molecule has 5 nitrogen and oxygen atoms in total. The Morgan fingerprint density at radius 3 is 2.59 bits per heavy atom. The van der Waals surface area contributed by atoms with Gasteiger partial charge in [0, 0.05) is 33.3 Å². The molecule has 128 valence electrons. The monoisotopic (exact) mass is 312 g/mol. The van der Waals surface area contributed by atoms with Crippen molar-refractivity contribution in [1.29, 1.82) is 0 Å². The van der Waals surface area contributed by atoms with Crippen LogP contribution in [0.15, 0.2) is 0 Å². The number of hydrogen-bond donors (Lipinski definition) is 0. The highest BCUT2D eigenvalue weighted by Crippen LogP contribution is 2.23. The molecule has 0 saturated carbocycles. The van der Waals surface area contributed by atoms with Crippen molar-refractivity contribution in [2.45, 2.75) is 45.6 Å². The van der Waals surface area contributed by atoms with Crippen molar-refractivity contribution >= 4 is 6.09 Å². The normalized spacial score (nSPS) is 27.2. The van der Waals surface area contributed by atoms with Crippen LogP contribution in [0.1, 0.15) is 40.0 Å². The quantitative estimate of drug-likeness (QED) is 0.800. The summed E-state index contributed by atoms with van der Waals surface area (Å²) in [6.45, 7) is 11.7. The van der Waals surface area contributed by atoms with Gasteiger partial charge in [0.05, 0.1) is 6.61 Å².